The maximum atomic E-state index is 6.99. The second-order valence-corrected chi connectivity index (χ2v) is 15.5. The Labute approximate surface area is 336 Å². The third kappa shape index (κ3) is 4.93. The van der Waals surface area contributed by atoms with Gasteiger partial charge in [-0.15, -0.1) is 0 Å². The van der Waals surface area contributed by atoms with Crippen LogP contribution >= 0.6 is 0 Å². The number of hydrogen-bond acceptors (Lipinski definition) is 1. The molecule has 0 saturated carbocycles. The van der Waals surface area contributed by atoms with E-state index in [4.69, 9.17) is 5.73 Å². The van der Waals surface area contributed by atoms with E-state index in [0.717, 1.165) is 28.9 Å². The lowest BCUT2D eigenvalue weighted by Gasteiger charge is -2.12. The fourth-order valence-corrected chi connectivity index (χ4v) is 9.65. The van der Waals surface area contributed by atoms with Gasteiger partial charge in [0.25, 0.3) is 0 Å². The average Bonchev–Trinajstić information content (AvgIpc) is 3.95. The van der Waals surface area contributed by atoms with Crippen LogP contribution in [0, 0.1) is 0 Å². The molecule has 0 saturated heterocycles. The zero-order valence-corrected chi connectivity index (χ0v) is 31.7. The molecule has 58 heavy (non-hydrogen) atoms. The molecule has 12 rings (SSSR count). The summed E-state index contributed by atoms with van der Waals surface area (Å²) >= 11 is 0. The monoisotopic (exact) mass is 739 g/mol. The summed E-state index contributed by atoms with van der Waals surface area (Å²) < 4.78 is 4.78. The number of fused-ring (bicyclic) bond motifs is 11. The maximum absolute atomic E-state index is 6.99. The molecule has 0 unspecified atom stereocenters. The highest BCUT2D eigenvalue weighted by Crippen LogP contribution is 2.42. The summed E-state index contributed by atoms with van der Waals surface area (Å²) in [4.78, 5) is 0. The predicted octanol–water partition coefficient (Wildman–Crippen LogP) is 13.7. The van der Waals surface area contributed by atoms with E-state index in [1.807, 2.05) is 0 Å². The molecule has 0 radical (unpaired) electrons. The van der Waals surface area contributed by atoms with E-state index in [0.29, 0.717) is 0 Å². The predicted molar refractivity (Wildman–Crippen MR) is 245 cm³/mol. The largest absolute Gasteiger partial charge is 0.398 e. The molecular weight excluding hydrogens is 703 g/mol. The van der Waals surface area contributed by atoms with Crippen molar-refractivity contribution in [3.8, 4) is 33.6 Å². The minimum Gasteiger partial charge on any atom is -0.398 e. The Morgan fingerprint density at radius 3 is 1.97 bits per heavy atom. The molecule has 272 valence electrons. The summed E-state index contributed by atoms with van der Waals surface area (Å²) in [5.41, 5.74) is 24.6. The number of aromatic nitrogens is 2. The summed E-state index contributed by atoms with van der Waals surface area (Å²) in [6.07, 6.45) is 3.08. The van der Waals surface area contributed by atoms with Crippen molar-refractivity contribution >= 4 is 66.2 Å². The van der Waals surface area contributed by atoms with Gasteiger partial charge in [0, 0.05) is 38.6 Å². The molecule has 3 nitrogen and oxygen atoms in total. The first kappa shape index (κ1) is 32.6. The first-order valence-corrected chi connectivity index (χ1v) is 20.0. The van der Waals surface area contributed by atoms with E-state index in [-0.39, 0.29) is 0 Å². The van der Waals surface area contributed by atoms with E-state index in [1.54, 1.807) is 0 Å². The van der Waals surface area contributed by atoms with Crippen LogP contribution in [0.25, 0.3) is 99.8 Å². The molecule has 2 heterocycles. The summed E-state index contributed by atoms with van der Waals surface area (Å²) in [6.45, 7) is 0. The molecule has 0 amide bonds. The summed E-state index contributed by atoms with van der Waals surface area (Å²) in [7, 11) is 0. The van der Waals surface area contributed by atoms with Crippen LogP contribution in [0.3, 0.4) is 0 Å². The second kappa shape index (κ2) is 12.7. The highest BCUT2D eigenvalue weighted by Gasteiger charge is 2.21. The van der Waals surface area contributed by atoms with Crippen LogP contribution in [0.4, 0.5) is 0 Å². The number of nitrogens with zero attached hydrogens (tertiary/aromatic N) is 2. The van der Waals surface area contributed by atoms with E-state index in [1.165, 1.54) is 93.5 Å². The van der Waals surface area contributed by atoms with Gasteiger partial charge in [0.15, 0.2) is 0 Å². The molecule has 1 aliphatic carbocycles. The van der Waals surface area contributed by atoms with Gasteiger partial charge < -0.3 is 14.9 Å². The van der Waals surface area contributed by atoms with Gasteiger partial charge in [-0.1, -0.05) is 133 Å². The van der Waals surface area contributed by atoms with E-state index in [9.17, 15) is 0 Å². The lowest BCUT2D eigenvalue weighted by molar-refractivity contribution is 1.18. The molecule has 0 atom stereocenters. The number of para-hydroxylation sites is 2. The van der Waals surface area contributed by atoms with Crippen molar-refractivity contribution in [3.05, 3.63) is 216 Å². The average molecular weight is 740 g/mol. The number of hydrogen-bond donors (Lipinski definition) is 1. The Morgan fingerprint density at radius 1 is 0.448 bits per heavy atom. The molecule has 1 aliphatic rings. The Morgan fingerprint density at radius 2 is 1.09 bits per heavy atom. The van der Waals surface area contributed by atoms with Crippen molar-refractivity contribution in [2.75, 3.05) is 0 Å². The van der Waals surface area contributed by atoms with Gasteiger partial charge >= 0.3 is 0 Å². The van der Waals surface area contributed by atoms with Gasteiger partial charge in [0.2, 0.25) is 0 Å². The van der Waals surface area contributed by atoms with Crippen LogP contribution in [0.2, 0.25) is 0 Å². The third-order valence-corrected chi connectivity index (χ3v) is 12.3. The van der Waals surface area contributed by atoms with E-state index < -0.39 is 0 Å². The molecule has 2 N–H and O–H groups in total. The Balaban J connectivity index is 1.01. The van der Waals surface area contributed by atoms with Gasteiger partial charge in [0.05, 0.1) is 22.1 Å². The lowest BCUT2D eigenvalue weighted by Crippen LogP contribution is -2.00. The van der Waals surface area contributed by atoms with Gasteiger partial charge in [0.1, 0.15) is 0 Å². The fraction of sp³-hybridized carbons (Fsp3) is 0.0182. The number of rotatable bonds is 5. The first-order chi connectivity index (χ1) is 28.7. The van der Waals surface area contributed by atoms with Crippen LogP contribution in [-0.2, 0) is 6.42 Å². The summed E-state index contributed by atoms with van der Waals surface area (Å²) in [5, 5.41) is 7.46. The van der Waals surface area contributed by atoms with Crippen molar-refractivity contribution in [2.45, 2.75) is 6.42 Å². The topological polar surface area (TPSA) is 35.9 Å². The normalized spacial score (nSPS) is 12.6. The van der Waals surface area contributed by atoms with Crippen molar-refractivity contribution in [3.63, 3.8) is 0 Å². The van der Waals surface area contributed by atoms with Crippen LogP contribution in [0.15, 0.2) is 194 Å². The van der Waals surface area contributed by atoms with Gasteiger partial charge in [-0.2, -0.15) is 0 Å². The summed E-state index contributed by atoms with van der Waals surface area (Å²) in [5.74, 6) is 0. The minimum absolute atomic E-state index is 0.753. The van der Waals surface area contributed by atoms with Crippen molar-refractivity contribution < 1.29 is 0 Å². The molecule has 0 fully saturated rings. The van der Waals surface area contributed by atoms with Crippen molar-refractivity contribution in [1.82, 2.24) is 9.13 Å². The van der Waals surface area contributed by atoms with Gasteiger partial charge in [-0.25, -0.2) is 0 Å². The van der Waals surface area contributed by atoms with Crippen LogP contribution in [0.5, 0.6) is 0 Å². The van der Waals surface area contributed by atoms with Crippen LogP contribution in [0.1, 0.15) is 22.3 Å². The molecule has 3 heteroatoms. The van der Waals surface area contributed by atoms with Gasteiger partial charge in [-0.3, -0.25) is 0 Å². The van der Waals surface area contributed by atoms with Gasteiger partial charge in [-0.05, 0) is 128 Å². The maximum Gasteiger partial charge on any atom is 0.0547 e. The molecule has 0 spiro atoms. The zero-order valence-electron chi connectivity index (χ0n) is 31.7. The second-order valence-electron chi connectivity index (χ2n) is 15.5. The van der Waals surface area contributed by atoms with Crippen molar-refractivity contribution in [1.29, 1.82) is 0 Å². The molecule has 0 aliphatic heterocycles. The highest BCUT2D eigenvalue weighted by atomic mass is 15.0. The lowest BCUT2D eigenvalue weighted by atomic mass is 9.99. The molecule has 9 aromatic carbocycles. The minimum atomic E-state index is 0.753. The van der Waals surface area contributed by atoms with Crippen LogP contribution in [-0.4, -0.2) is 9.13 Å². The van der Waals surface area contributed by atoms with E-state index >= 15 is 0 Å². The number of benzene rings is 9. The highest BCUT2D eigenvalue weighted by molar-refractivity contribution is 6.22. The molecule has 11 aromatic rings. The first-order valence-electron chi connectivity index (χ1n) is 20.0. The SMILES string of the molecule is N/C(=C\c1cccc2c1Cc1ccccc1-2)c1cccc(-n2c3ccc(-c4ccc5c(c4)c4ccccc4n5-c4ccccc4)cc3c3c4ccccc4ccc32)c1. The van der Waals surface area contributed by atoms with E-state index in [2.05, 4.69) is 209 Å². The standard InChI is InChI=1S/C55H37N3/c56-50(34-39-14-11-22-45-43-19-6-5-13-38(43)33-47(39)45)40-15-10-18-42(30-40)58-53-28-26-37(32-49(53)55-44-20-7-4-12-35(44)24-29-54(55)58)36-25-27-52-48(31-36)46-21-8-9-23-51(46)57(52)41-16-2-1-3-17-41/h1-32,34H,33,56H2/b50-34-. The summed E-state index contributed by atoms with van der Waals surface area (Å²) in [6, 6.07) is 70.5. The van der Waals surface area contributed by atoms with Crippen LogP contribution < -0.4 is 5.73 Å². The third-order valence-electron chi connectivity index (χ3n) is 12.3. The molecule has 0 bridgehead atoms. The number of nitrogens with two attached hydrogens (primary N) is 1. The quantitative estimate of drug-likeness (QED) is 0.175. The molecule has 2 aromatic heterocycles. The smallest absolute Gasteiger partial charge is 0.0547 e. The fourth-order valence-electron chi connectivity index (χ4n) is 9.65. The Bertz CT molecular complexity index is 3490. The Kier molecular flexibility index (Phi) is 7.14. The molecular formula is C55H37N3. The Hall–Kier alpha value is -7.62. The van der Waals surface area contributed by atoms with Crippen molar-refractivity contribution in [2.24, 2.45) is 5.73 Å². The zero-order chi connectivity index (χ0) is 38.3.